The van der Waals surface area contributed by atoms with Gasteiger partial charge in [0, 0.05) is 13.0 Å². The van der Waals surface area contributed by atoms with Crippen LogP contribution in [0, 0.1) is 0 Å². The topological polar surface area (TPSA) is 40.5 Å². The number of hydrogen-bond acceptors (Lipinski definition) is 2. The van der Waals surface area contributed by atoms with Gasteiger partial charge in [-0.3, -0.25) is 0 Å². The molecular formula is C9H12F10O2. The summed E-state index contributed by atoms with van der Waals surface area (Å²) < 4.78 is 114. The Morgan fingerprint density at radius 3 is 1.29 bits per heavy atom. The molecule has 2 nitrogen and oxygen atoms in total. The Hall–Kier alpha value is -0.780. The largest absolute Gasteiger partial charge is 0.423 e. The Morgan fingerprint density at radius 1 is 0.810 bits per heavy atom. The van der Waals surface area contributed by atoms with Crippen molar-refractivity contribution in [3.8, 4) is 0 Å². The maximum atomic E-state index is 12.3. The van der Waals surface area contributed by atoms with Crippen LogP contribution in [0.5, 0.6) is 0 Å². The Labute approximate surface area is 112 Å². The molecule has 0 radical (unpaired) electrons. The molecule has 0 aliphatic rings. The summed E-state index contributed by atoms with van der Waals surface area (Å²) in [5, 5.41) is 15.5. The third-order valence-electron chi connectivity index (χ3n) is 1.67. The lowest BCUT2D eigenvalue weighted by Crippen LogP contribution is -2.41. The molecule has 0 saturated heterocycles. The van der Waals surface area contributed by atoms with Crippen LogP contribution in [0.2, 0.25) is 0 Å². The van der Waals surface area contributed by atoms with Gasteiger partial charge in [-0.05, 0) is 6.92 Å². The molecule has 130 valence electrons. The van der Waals surface area contributed by atoms with E-state index in [4.69, 9.17) is 10.2 Å². The van der Waals surface area contributed by atoms with Gasteiger partial charge in [-0.15, -0.1) is 0 Å². The van der Waals surface area contributed by atoms with Crippen molar-refractivity contribution >= 4 is 0 Å². The van der Waals surface area contributed by atoms with Gasteiger partial charge in [-0.25, -0.2) is 17.6 Å². The molecule has 0 aliphatic heterocycles. The molecule has 2 N–H and O–H groups in total. The molecule has 0 bridgehead atoms. The summed E-state index contributed by atoms with van der Waals surface area (Å²) in [4.78, 5) is 0. The van der Waals surface area contributed by atoms with Crippen LogP contribution in [0.3, 0.4) is 0 Å². The predicted octanol–water partition coefficient (Wildman–Crippen LogP) is 3.52. The minimum atomic E-state index is -5.63. The van der Waals surface area contributed by atoms with Gasteiger partial charge in [0.15, 0.2) is 0 Å². The lowest BCUT2D eigenvalue weighted by Gasteiger charge is -2.18. The van der Waals surface area contributed by atoms with Crippen molar-refractivity contribution in [1.82, 2.24) is 0 Å². The van der Waals surface area contributed by atoms with Gasteiger partial charge < -0.3 is 10.2 Å². The molecule has 12 heteroatoms. The SMILES string of the molecule is CC(F)(F)CC(F)(F)CCO.OC(C(F)(F)F)C(F)(F)F. The number of alkyl halides is 10. The number of halogens is 10. The Kier molecular flexibility index (Phi) is 8.01. The number of hydrogen-bond donors (Lipinski definition) is 2. The van der Waals surface area contributed by atoms with Crippen molar-refractivity contribution in [2.24, 2.45) is 0 Å². The molecule has 21 heavy (non-hydrogen) atoms. The summed E-state index contributed by atoms with van der Waals surface area (Å²) in [6.07, 6.45) is -17.9. The van der Waals surface area contributed by atoms with Gasteiger partial charge in [0.1, 0.15) is 0 Å². The van der Waals surface area contributed by atoms with Gasteiger partial charge in [0.05, 0.1) is 6.42 Å². The van der Waals surface area contributed by atoms with Crippen LogP contribution < -0.4 is 0 Å². The summed E-state index contributed by atoms with van der Waals surface area (Å²) in [5.41, 5.74) is 0. The molecule has 0 atom stereocenters. The summed E-state index contributed by atoms with van der Waals surface area (Å²) in [7, 11) is 0. The van der Waals surface area contributed by atoms with E-state index in [0.717, 1.165) is 0 Å². The number of aliphatic hydroxyl groups is 2. The van der Waals surface area contributed by atoms with Gasteiger partial charge in [0.2, 0.25) is 6.10 Å². The average molecular weight is 342 g/mol. The van der Waals surface area contributed by atoms with Crippen LogP contribution in [-0.4, -0.2) is 47.1 Å². The highest BCUT2D eigenvalue weighted by Crippen LogP contribution is 2.33. The molecule has 0 saturated carbocycles. The molecule has 0 aromatic carbocycles. The highest BCUT2D eigenvalue weighted by atomic mass is 19.4. The first-order valence-corrected chi connectivity index (χ1v) is 5.10. The number of aliphatic hydroxyl groups excluding tert-OH is 2. The fourth-order valence-corrected chi connectivity index (χ4v) is 0.892. The highest BCUT2D eigenvalue weighted by molar-refractivity contribution is 4.73. The quantitative estimate of drug-likeness (QED) is 0.768. The summed E-state index contributed by atoms with van der Waals surface area (Å²) >= 11 is 0. The third kappa shape index (κ3) is 12.7. The maximum absolute atomic E-state index is 12.3. The Morgan fingerprint density at radius 2 is 1.14 bits per heavy atom. The van der Waals surface area contributed by atoms with E-state index in [2.05, 4.69) is 0 Å². The smallest absolute Gasteiger partial charge is 0.396 e. The van der Waals surface area contributed by atoms with Crippen molar-refractivity contribution in [3.05, 3.63) is 0 Å². The minimum absolute atomic E-state index is 0.429. The minimum Gasteiger partial charge on any atom is -0.396 e. The molecular weight excluding hydrogens is 330 g/mol. The standard InChI is InChI=1S/C6H10F4O.C3H2F6O/c1-5(7,8)4-6(9,10)2-3-11;4-2(5,6)1(10)3(7,8)9/h11H,2-4H2,1H3;1,10H. The fourth-order valence-electron chi connectivity index (χ4n) is 0.892. The van der Waals surface area contributed by atoms with Gasteiger partial charge in [-0.1, -0.05) is 0 Å². The highest BCUT2D eigenvalue weighted by Gasteiger charge is 2.55. The maximum Gasteiger partial charge on any atom is 0.423 e. The van der Waals surface area contributed by atoms with E-state index in [0.29, 0.717) is 6.92 Å². The second kappa shape index (κ2) is 7.47. The Bertz CT molecular complexity index is 276. The first kappa shape index (κ1) is 22.5. The molecule has 0 unspecified atom stereocenters. The van der Waals surface area contributed by atoms with Gasteiger partial charge >= 0.3 is 12.4 Å². The van der Waals surface area contributed by atoms with Crippen LogP contribution in [0.1, 0.15) is 19.8 Å². The van der Waals surface area contributed by atoms with Crippen molar-refractivity contribution in [2.75, 3.05) is 6.61 Å². The monoisotopic (exact) mass is 342 g/mol. The normalized spacial score (nSPS) is 14.0. The molecule has 0 aliphatic carbocycles. The van der Waals surface area contributed by atoms with E-state index in [9.17, 15) is 43.9 Å². The van der Waals surface area contributed by atoms with Crippen molar-refractivity contribution in [1.29, 1.82) is 0 Å². The van der Waals surface area contributed by atoms with Crippen molar-refractivity contribution in [2.45, 2.75) is 50.1 Å². The second-order valence-corrected chi connectivity index (χ2v) is 4.06. The van der Waals surface area contributed by atoms with Crippen LogP contribution >= 0.6 is 0 Å². The lowest BCUT2D eigenvalue weighted by molar-refractivity contribution is -0.308. The zero-order valence-corrected chi connectivity index (χ0v) is 10.4. The fraction of sp³-hybridized carbons (Fsp3) is 1.00. The van der Waals surface area contributed by atoms with Crippen LogP contribution in [0.15, 0.2) is 0 Å². The van der Waals surface area contributed by atoms with E-state index in [1.54, 1.807) is 0 Å². The summed E-state index contributed by atoms with van der Waals surface area (Å²) in [6, 6.07) is 0. The van der Waals surface area contributed by atoms with Gasteiger partial charge in [-0.2, -0.15) is 26.3 Å². The molecule has 0 fully saturated rings. The van der Waals surface area contributed by atoms with Crippen LogP contribution in [-0.2, 0) is 0 Å². The lowest BCUT2D eigenvalue weighted by atomic mass is 10.1. The Balaban J connectivity index is 0. The zero-order chi connectivity index (χ0) is 17.7. The van der Waals surface area contributed by atoms with E-state index in [-0.39, 0.29) is 0 Å². The van der Waals surface area contributed by atoms with E-state index < -0.39 is 49.8 Å². The molecule has 0 amide bonds. The van der Waals surface area contributed by atoms with Crippen LogP contribution in [0.4, 0.5) is 43.9 Å². The molecule has 0 aromatic heterocycles. The zero-order valence-electron chi connectivity index (χ0n) is 10.4. The van der Waals surface area contributed by atoms with Crippen LogP contribution in [0.25, 0.3) is 0 Å². The molecule has 0 spiro atoms. The van der Waals surface area contributed by atoms with Crippen molar-refractivity contribution < 1.29 is 54.1 Å². The number of rotatable bonds is 4. The van der Waals surface area contributed by atoms with Crippen molar-refractivity contribution in [3.63, 3.8) is 0 Å². The molecule has 0 rings (SSSR count). The third-order valence-corrected chi connectivity index (χ3v) is 1.67. The van der Waals surface area contributed by atoms with E-state index in [1.807, 2.05) is 0 Å². The first-order chi connectivity index (χ1) is 8.92. The average Bonchev–Trinajstić information content (AvgIpc) is 2.10. The van der Waals surface area contributed by atoms with E-state index >= 15 is 0 Å². The molecule has 0 aromatic rings. The van der Waals surface area contributed by atoms with Gasteiger partial charge in [0.25, 0.3) is 11.8 Å². The second-order valence-electron chi connectivity index (χ2n) is 4.06. The predicted molar refractivity (Wildman–Crippen MR) is 50.0 cm³/mol. The molecule has 0 heterocycles. The summed E-state index contributed by atoms with van der Waals surface area (Å²) in [5.74, 6) is -6.84. The first-order valence-electron chi connectivity index (χ1n) is 5.10. The van der Waals surface area contributed by atoms with E-state index in [1.165, 1.54) is 0 Å². The summed E-state index contributed by atoms with van der Waals surface area (Å²) in [6.45, 7) is -0.346.